The topological polar surface area (TPSA) is 59.0 Å². The molecule has 0 unspecified atom stereocenters. The lowest BCUT2D eigenvalue weighted by molar-refractivity contribution is 0.0562. The summed E-state index contributed by atoms with van der Waals surface area (Å²) in [5, 5.41) is 4.54. The number of rotatable bonds is 14. The van der Waals surface area contributed by atoms with Crippen molar-refractivity contribution in [2.24, 2.45) is 0 Å². The molecule has 0 saturated carbocycles. The number of amides is 1. The number of carbonyl (C=O) groups is 1. The van der Waals surface area contributed by atoms with E-state index in [9.17, 15) is 4.79 Å². The first-order valence-electron chi connectivity index (χ1n) is 13.5. The highest BCUT2D eigenvalue weighted by atomic mass is 16.5. The van der Waals surface area contributed by atoms with Gasteiger partial charge in [-0.2, -0.15) is 0 Å². The second-order valence-electron chi connectivity index (χ2n) is 9.76. The van der Waals surface area contributed by atoms with Gasteiger partial charge in [-0.1, -0.05) is 26.0 Å². The summed E-state index contributed by atoms with van der Waals surface area (Å²) in [6, 6.07) is 8.59. The molecule has 2 heterocycles. The summed E-state index contributed by atoms with van der Waals surface area (Å²) in [6.07, 6.45) is 4.05. The number of likely N-dealkylation sites (N-methyl/N-ethyl adjacent to an activating group) is 1. The van der Waals surface area contributed by atoms with Gasteiger partial charge in [0.1, 0.15) is 18.1 Å². The standard InChI is InChI=1S/C28H46N4O3/c1-6-30(7-2)17-19-35-26-14-10-12-23-20-25(31(27(23)26)16-8-9-18-34-5)28(33)32(22(3)4)24-13-11-15-29-21-24/h10,12,14,20,22,24,29H,6-9,11,13,15-19,21H2,1-5H3/t24-/m1/s1. The van der Waals surface area contributed by atoms with Crippen LogP contribution in [0.2, 0.25) is 0 Å². The molecule has 1 N–H and O–H groups in total. The number of para-hydroxylation sites is 1. The lowest BCUT2D eigenvalue weighted by atomic mass is 10.0. The molecule has 7 heteroatoms. The fraction of sp³-hybridized carbons (Fsp3) is 0.679. The number of carbonyl (C=O) groups excluding carboxylic acids is 1. The number of aromatic nitrogens is 1. The van der Waals surface area contributed by atoms with Crippen LogP contribution in [0, 0.1) is 0 Å². The maximum Gasteiger partial charge on any atom is 0.271 e. The van der Waals surface area contributed by atoms with Crippen molar-refractivity contribution in [3.05, 3.63) is 30.0 Å². The molecule has 0 aliphatic carbocycles. The lowest BCUT2D eigenvalue weighted by Crippen LogP contribution is -2.52. The largest absolute Gasteiger partial charge is 0.490 e. The molecular weight excluding hydrogens is 440 g/mol. The Bertz CT molecular complexity index is 916. The fourth-order valence-electron chi connectivity index (χ4n) is 5.18. The number of aryl methyl sites for hydroxylation is 1. The van der Waals surface area contributed by atoms with Crippen LogP contribution >= 0.6 is 0 Å². The summed E-state index contributed by atoms with van der Waals surface area (Å²) in [6.45, 7) is 15.5. The molecule has 1 fully saturated rings. The van der Waals surface area contributed by atoms with Crippen LogP contribution in [-0.2, 0) is 11.3 Å². The van der Waals surface area contributed by atoms with Gasteiger partial charge in [0.15, 0.2) is 0 Å². The van der Waals surface area contributed by atoms with Gasteiger partial charge in [-0.15, -0.1) is 0 Å². The van der Waals surface area contributed by atoms with Gasteiger partial charge in [0, 0.05) is 50.8 Å². The average molecular weight is 487 g/mol. The summed E-state index contributed by atoms with van der Waals surface area (Å²) < 4.78 is 13.8. The smallest absolute Gasteiger partial charge is 0.271 e. The van der Waals surface area contributed by atoms with Crippen molar-refractivity contribution in [2.45, 2.75) is 72.0 Å². The highest BCUT2D eigenvalue weighted by Crippen LogP contribution is 2.31. The third-order valence-electron chi connectivity index (χ3n) is 7.10. The first-order valence-corrected chi connectivity index (χ1v) is 13.5. The Balaban J connectivity index is 1.95. The molecule has 1 aliphatic rings. The van der Waals surface area contributed by atoms with Crippen LogP contribution in [0.15, 0.2) is 24.3 Å². The van der Waals surface area contributed by atoms with Gasteiger partial charge < -0.3 is 29.2 Å². The number of ether oxygens (including phenoxy) is 2. The Morgan fingerprint density at radius 2 is 2.00 bits per heavy atom. The van der Waals surface area contributed by atoms with Crippen LogP contribution in [0.5, 0.6) is 5.75 Å². The number of fused-ring (bicyclic) bond motifs is 1. The molecule has 1 aliphatic heterocycles. The number of benzene rings is 1. The van der Waals surface area contributed by atoms with Gasteiger partial charge in [-0.05, 0) is 71.3 Å². The minimum atomic E-state index is 0.116. The number of unbranched alkanes of at least 4 members (excludes halogenated alkanes) is 1. The fourth-order valence-corrected chi connectivity index (χ4v) is 5.18. The monoisotopic (exact) mass is 486 g/mol. The quantitative estimate of drug-likeness (QED) is 0.401. The molecule has 1 saturated heterocycles. The van der Waals surface area contributed by atoms with E-state index in [0.717, 1.165) is 93.9 Å². The van der Waals surface area contributed by atoms with Gasteiger partial charge in [-0.3, -0.25) is 4.79 Å². The molecule has 0 spiro atoms. The van der Waals surface area contributed by atoms with E-state index in [0.29, 0.717) is 6.61 Å². The van der Waals surface area contributed by atoms with E-state index in [1.165, 1.54) is 0 Å². The van der Waals surface area contributed by atoms with Crippen molar-refractivity contribution >= 4 is 16.8 Å². The summed E-state index contributed by atoms with van der Waals surface area (Å²) in [7, 11) is 1.74. The van der Waals surface area contributed by atoms with E-state index in [-0.39, 0.29) is 18.0 Å². The van der Waals surface area contributed by atoms with E-state index in [1.54, 1.807) is 7.11 Å². The third kappa shape index (κ3) is 6.99. The Hall–Kier alpha value is -2.09. The Kier molecular flexibility index (Phi) is 10.9. The van der Waals surface area contributed by atoms with E-state index in [2.05, 4.69) is 59.5 Å². The second kappa shape index (κ2) is 13.9. The number of hydrogen-bond donors (Lipinski definition) is 1. The molecule has 0 bridgehead atoms. The molecule has 1 atom stereocenters. The normalized spacial score (nSPS) is 16.4. The van der Waals surface area contributed by atoms with Crippen LogP contribution in [0.3, 0.4) is 0 Å². The SMILES string of the molecule is CCN(CC)CCOc1cccc2cc(C(=O)N(C(C)C)[C@@H]3CCCNC3)n(CCCCOC)c12. The predicted molar refractivity (Wildman–Crippen MR) is 144 cm³/mol. The number of nitrogens with one attached hydrogen (secondary N) is 1. The minimum absolute atomic E-state index is 0.116. The highest BCUT2D eigenvalue weighted by Gasteiger charge is 2.31. The summed E-state index contributed by atoms with van der Waals surface area (Å²) in [4.78, 5) is 18.5. The molecule has 2 aromatic rings. The molecule has 7 nitrogen and oxygen atoms in total. The zero-order valence-corrected chi connectivity index (χ0v) is 22.5. The van der Waals surface area contributed by atoms with Gasteiger partial charge in [0.25, 0.3) is 5.91 Å². The zero-order valence-electron chi connectivity index (χ0n) is 22.5. The van der Waals surface area contributed by atoms with E-state index in [1.807, 2.05) is 12.1 Å². The Morgan fingerprint density at radius 3 is 2.66 bits per heavy atom. The average Bonchev–Trinajstić information content (AvgIpc) is 3.24. The van der Waals surface area contributed by atoms with Crippen LogP contribution in [0.1, 0.15) is 63.9 Å². The summed E-state index contributed by atoms with van der Waals surface area (Å²) >= 11 is 0. The van der Waals surface area contributed by atoms with Crippen molar-refractivity contribution < 1.29 is 14.3 Å². The van der Waals surface area contributed by atoms with Crippen molar-refractivity contribution in [2.75, 3.05) is 53.0 Å². The van der Waals surface area contributed by atoms with Crippen LogP contribution < -0.4 is 10.1 Å². The number of piperidine rings is 1. The van der Waals surface area contributed by atoms with Crippen molar-refractivity contribution in [3.63, 3.8) is 0 Å². The van der Waals surface area contributed by atoms with E-state index < -0.39 is 0 Å². The number of methoxy groups -OCH3 is 1. The van der Waals surface area contributed by atoms with Crippen LogP contribution in [-0.4, -0.2) is 85.4 Å². The molecule has 1 aromatic carbocycles. The lowest BCUT2D eigenvalue weighted by Gasteiger charge is -2.37. The van der Waals surface area contributed by atoms with Gasteiger partial charge in [0.2, 0.25) is 0 Å². The van der Waals surface area contributed by atoms with E-state index in [4.69, 9.17) is 9.47 Å². The number of hydrogen-bond acceptors (Lipinski definition) is 5. The van der Waals surface area contributed by atoms with Crippen molar-refractivity contribution in [3.8, 4) is 5.75 Å². The summed E-state index contributed by atoms with van der Waals surface area (Å²) in [5.41, 5.74) is 1.79. The Morgan fingerprint density at radius 1 is 1.20 bits per heavy atom. The third-order valence-corrected chi connectivity index (χ3v) is 7.10. The predicted octanol–water partition coefficient (Wildman–Crippen LogP) is 4.39. The molecule has 3 rings (SSSR count). The minimum Gasteiger partial charge on any atom is -0.490 e. The van der Waals surface area contributed by atoms with Gasteiger partial charge >= 0.3 is 0 Å². The molecule has 1 aromatic heterocycles. The van der Waals surface area contributed by atoms with E-state index >= 15 is 0 Å². The molecule has 1 amide bonds. The Labute approximate surface area is 211 Å². The van der Waals surface area contributed by atoms with Gasteiger partial charge in [-0.25, -0.2) is 0 Å². The second-order valence-corrected chi connectivity index (χ2v) is 9.76. The highest BCUT2D eigenvalue weighted by molar-refractivity contribution is 6.00. The van der Waals surface area contributed by atoms with Crippen molar-refractivity contribution in [1.29, 1.82) is 0 Å². The first-order chi connectivity index (χ1) is 17.0. The molecule has 196 valence electrons. The van der Waals surface area contributed by atoms with Crippen LogP contribution in [0.25, 0.3) is 10.9 Å². The maximum atomic E-state index is 14.1. The zero-order chi connectivity index (χ0) is 25.2. The molecule has 35 heavy (non-hydrogen) atoms. The number of nitrogens with zero attached hydrogens (tertiary/aromatic N) is 3. The van der Waals surface area contributed by atoms with Crippen molar-refractivity contribution in [1.82, 2.24) is 19.7 Å². The summed E-state index contributed by atoms with van der Waals surface area (Å²) in [5.74, 6) is 0.974. The maximum absolute atomic E-state index is 14.1. The molecular formula is C28H46N4O3. The van der Waals surface area contributed by atoms with Gasteiger partial charge in [0.05, 0.1) is 5.52 Å². The molecule has 0 radical (unpaired) electrons. The van der Waals surface area contributed by atoms with Crippen LogP contribution in [0.4, 0.5) is 0 Å². The first kappa shape index (κ1) is 27.5.